The van der Waals surface area contributed by atoms with Gasteiger partial charge in [0.2, 0.25) is 5.91 Å². The van der Waals surface area contributed by atoms with Crippen LogP contribution in [0, 0.1) is 0 Å². The lowest BCUT2D eigenvalue weighted by Crippen LogP contribution is -2.24. The summed E-state index contributed by atoms with van der Waals surface area (Å²) in [6.07, 6.45) is 7.64. The fourth-order valence-corrected chi connectivity index (χ4v) is 2.94. The number of hydrogen-bond acceptors (Lipinski definition) is 3. The van der Waals surface area contributed by atoms with E-state index in [-0.39, 0.29) is 11.2 Å². The number of carbonyl (C=O) groups is 1. The normalized spacial score (nSPS) is 28.3. The van der Waals surface area contributed by atoms with Gasteiger partial charge >= 0.3 is 0 Å². The minimum Gasteiger partial charge on any atom is -0.304 e. The summed E-state index contributed by atoms with van der Waals surface area (Å²) in [5.74, 6) is 0.104. The number of amides is 1. The Morgan fingerprint density at radius 2 is 1.76 bits per heavy atom. The molecule has 0 bridgehead atoms. The Bertz CT molecular complexity index is 271. The first kappa shape index (κ1) is 14.6. The van der Waals surface area contributed by atoms with E-state index in [1.165, 1.54) is 38.5 Å². The highest BCUT2D eigenvalue weighted by atomic mass is 32.2. The molecule has 2 rings (SSSR count). The van der Waals surface area contributed by atoms with Crippen molar-refractivity contribution in [3.05, 3.63) is 0 Å². The van der Waals surface area contributed by atoms with Crippen molar-refractivity contribution in [1.82, 2.24) is 5.32 Å². The number of nitrogens with zero attached hydrogens (tertiary/aromatic N) is 1. The first-order valence-electron chi connectivity index (χ1n) is 6.81. The van der Waals surface area contributed by atoms with E-state index < -0.39 is 0 Å². The molecule has 1 saturated heterocycles. The number of nitrogens with one attached hydrogen (secondary N) is 1. The molecule has 17 heavy (non-hydrogen) atoms. The van der Waals surface area contributed by atoms with Crippen molar-refractivity contribution in [2.45, 2.75) is 70.6 Å². The zero-order chi connectivity index (χ0) is 12.7. The average Bonchev–Trinajstić information content (AvgIpc) is 2.56. The summed E-state index contributed by atoms with van der Waals surface area (Å²) in [5.41, 5.74) is 0. The van der Waals surface area contributed by atoms with Crippen LogP contribution in [0.15, 0.2) is 4.99 Å². The number of hydrogen-bond donors (Lipinski definition) is 1. The van der Waals surface area contributed by atoms with Crippen molar-refractivity contribution in [3.8, 4) is 0 Å². The summed E-state index contributed by atoms with van der Waals surface area (Å²) in [6.45, 7) is 5.93. The molecule has 2 fully saturated rings. The van der Waals surface area contributed by atoms with Gasteiger partial charge in [-0.05, 0) is 19.8 Å². The van der Waals surface area contributed by atoms with E-state index in [0.29, 0.717) is 6.04 Å². The molecule has 1 aliphatic carbocycles. The summed E-state index contributed by atoms with van der Waals surface area (Å²) in [4.78, 5) is 15.9. The zero-order valence-corrected chi connectivity index (χ0v) is 12.0. The van der Waals surface area contributed by atoms with Crippen molar-refractivity contribution in [2.75, 3.05) is 0 Å². The zero-order valence-electron chi connectivity index (χ0n) is 11.2. The van der Waals surface area contributed by atoms with Crippen LogP contribution >= 0.6 is 11.8 Å². The van der Waals surface area contributed by atoms with Gasteiger partial charge in [0.1, 0.15) is 0 Å². The van der Waals surface area contributed by atoms with Crippen molar-refractivity contribution in [3.63, 3.8) is 0 Å². The van der Waals surface area contributed by atoms with Crippen LogP contribution in [0.4, 0.5) is 0 Å². The van der Waals surface area contributed by atoms with E-state index in [2.05, 4.69) is 10.3 Å². The summed E-state index contributed by atoms with van der Waals surface area (Å²) in [5, 5.41) is 3.73. The molecule has 4 heteroatoms. The largest absolute Gasteiger partial charge is 0.304 e. The number of amidine groups is 1. The highest BCUT2D eigenvalue weighted by Gasteiger charge is 2.26. The SMILES string of the molecule is CC.CC1SC(=NC2CCCCCC2)NC1=O. The fourth-order valence-electron chi connectivity index (χ4n) is 2.07. The number of rotatable bonds is 1. The maximum atomic E-state index is 11.3. The van der Waals surface area contributed by atoms with Gasteiger partial charge in [-0.2, -0.15) is 0 Å². The molecule has 0 spiro atoms. The molecule has 1 N–H and O–H groups in total. The van der Waals surface area contributed by atoms with Crippen LogP contribution in [-0.4, -0.2) is 22.4 Å². The molecule has 1 amide bonds. The lowest BCUT2D eigenvalue weighted by atomic mass is 10.1. The Balaban J connectivity index is 0.000000686. The molecule has 1 aliphatic heterocycles. The molecule has 98 valence electrons. The minimum atomic E-state index is 0.0366. The van der Waals surface area contributed by atoms with E-state index in [9.17, 15) is 4.79 Å². The molecule has 1 heterocycles. The highest BCUT2D eigenvalue weighted by molar-refractivity contribution is 8.15. The summed E-state index contributed by atoms with van der Waals surface area (Å²) >= 11 is 1.56. The van der Waals surface area contributed by atoms with Crippen LogP contribution in [-0.2, 0) is 4.79 Å². The van der Waals surface area contributed by atoms with Crippen LogP contribution in [0.3, 0.4) is 0 Å². The minimum absolute atomic E-state index is 0.0366. The quantitative estimate of drug-likeness (QED) is 0.731. The second-order valence-corrected chi connectivity index (χ2v) is 5.66. The lowest BCUT2D eigenvalue weighted by molar-refractivity contribution is -0.118. The van der Waals surface area contributed by atoms with Gasteiger partial charge in [-0.1, -0.05) is 51.3 Å². The number of thioether (sulfide) groups is 1. The van der Waals surface area contributed by atoms with Gasteiger partial charge in [-0.25, -0.2) is 0 Å². The molecule has 0 aromatic carbocycles. The van der Waals surface area contributed by atoms with Gasteiger partial charge in [0.05, 0.1) is 11.3 Å². The van der Waals surface area contributed by atoms with Gasteiger partial charge < -0.3 is 5.32 Å². The third-order valence-corrected chi connectivity index (χ3v) is 4.01. The van der Waals surface area contributed by atoms with Gasteiger partial charge in [-0.3, -0.25) is 9.79 Å². The van der Waals surface area contributed by atoms with Crippen LogP contribution in [0.5, 0.6) is 0 Å². The first-order valence-corrected chi connectivity index (χ1v) is 7.69. The Labute approximate surface area is 109 Å². The van der Waals surface area contributed by atoms with Gasteiger partial charge in [0.15, 0.2) is 5.17 Å². The molecule has 3 nitrogen and oxygen atoms in total. The third-order valence-electron chi connectivity index (χ3n) is 3.01. The second kappa shape index (κ2) is 7.75. The summed E-state index contributed by atoms with van der Waals surface area (Å²) in [7, 11) is 0. The maximum Gasteiger partial charge on any atom is 0.239 e. The predicted octanol–water partition coefficient (Wildman–Crippen LogP) is 3.34. The molecule has 1 atom stereocenters. The third kappa shape index (κ3) is 4.70. The van der Waals surface area contributed by atoms with E-state index in [4.69, 9.17) is 0 Å². The summed E-state index contributed by atoms with van der Waals surface area (Å²) in [6, 6.07) is 0.445. The van der Waals surface area contributed by atoms with Crippen molar-refractivity contribution in [1.29, 1.82) is 0 Å². The number of carbonyl (C=O) groups excluding carboxylic acids is 1. The smallest absolute Gasteiger partial charge is 0.239 e. The van der Waals surface area contributed by atoms with Crippen LogP contribution in [0.25, 0.3) is 0 Å². The topological polar surface area (TPSA) is 41.5 Å². The standard InChI is InChI=1S/C11H18N2OS.C2H6/c1-8-10(14)13-11(15-8)12-9-6-4-2-3-5-7-9;1-2/h8-9H,2-7H2,1H3,(H,12,13,14);1-2H3. The molecule has 1 unspecified atom stereocenters. The van der Waals surface area contributed by atoms with E-state index in [1.54, 1.807) is 11.8 Å². The maximum absolute atomic E-state index is 11.3. The van der Waals surface area contributed by atoms with Gasteiger partial charge in [-0.15, -0.1) is 0 Å². The number of aliphatic imine (C=N–C) groups is 1. The van der Waals surface area contributed by atoms with Crippen LogP contribution in [0.2, 0.25) is 0 Å². The van der Waals surface area contributed by atoms with E-state index in [0.717, 1.165) is 5.17 Å². The molecular formula is C13H24N2OS. The average molecular weight is 256 g/mol. The lowest BCUT2D eigenvalue weighted by Gasteiger charge is -2.08. The Morgan fingerprint density at radius 1 is 1.18 bits per heavy atom. The Morgan fingerprint density at radius 3 is 2.24 bits per heavy atom. The van der Waals surface area contributed by atoms with Crippen molar-refractivity contribution in [2.24, 2.45) is 4.99 Å². The van der Waals surface area contributed by atoms with Gasteiger partial charge in [0.25, 0.3) is 0 Å². The highest BCUT2D eigenvalue weighted by Crippen LogP contribution is 2.24. The van der Waals surface area contributed by atoms with Crippen molar-refractivity contribution >= 4 is 22.8 Å². The molecule has 2 aliphatic rings. The van der Waals surface area contributed by atoms with Crippen LogP contribution in [0.1, 0.15) is 59.3 Å². The van der Waals surface area contributed by atoms with E-state index in [1.807, 2.05) is 20.8 Å². The predicted molar refractivity (Wildman–Crippen MR) is 75.5 cm³/mol. The molecule has 0 radical (unpaired) electrons. The molecule has 0 aromatic rings. The fraction of sp³-hybridized carbons (Fsp3) is 0.846. The summed E-state index contributed by atoms with van der Waals surface area (Å²) < 4.78 is 0. The van der Waals surface area contributed by atoms with Gasteiger partial charge in [0, 0.05) is 0 Å². The monoisotopic (exact) mass is 256 g/mol. The molecule has 1 saturated carbocycles. The van der Waals surface area contributed by atoms with Crippen molar-refractivity contribution < 1.29 is 4.79 Å². The second-order valence-electron chi connectivity index (χ2n) is 4.33. The molecule has 0 aromatic heterocycles. The van der Waals surface area contributed by atoms with E-state index >= 15 is 0 Å². The molecular weight excluding hydrogens is 232 g/mol. The Kier molecular flexibility index (Phi) is 6.63. The van der Waals surface area contributed by atoms with Crippen LogP contribution < -0.4 is 5.32 Å². The first-order chi connectivity index (χ1) is 8.25. The Hall–Kier alpha value is -0.510.